The van der Waals surface area contributed by atoms with Gasteiger partial charge in [0.25, 0.3) is 0 Å². The summed E-state index contributed by atoms with van der Waals surface area (Å²) in [4.78, 5) is 18.5. The highest BCUT2D eigenvalue weighted by atomic mass is 32.2. The van der Waals surface area contributed by atoms with Crippen molar-refractivity contribution in [3.8, 4) is 5.69 Å². The highest BCUT2D eigenvalue weighted by molar-refractivity contribution is 7.99. The van der Waals surface area contributed by atoms with Gasteiger partial charge in [-0.3, -0.25) is 9.36 Å². The summed E-state index contributed by atoms with van der Waals surface area (Å²) in [5.41, 5.74) is 3.08. The van der Waals surface area contributed by atoms with Crippen molar-refractivity contribution in [2.45, 2.75) is 25.0 Å². The monoisotopic (exact) mass is 383 g/mol. The van der Waals surface area contributed by atoms with Crippen molar-refractivity contribution in [2.24, 2.45) is 0 Å². The zero-order valence-electron chi connectivity index (χ0n) is 15.4. The molecule has 0 aliphatic rings. The van der Waals surface area contributed by atoms with E-state index in [0.29, 0.717) is 17.4 Å². The lowest BCUT2D eigenvalue weighted by Crippen LogP contribution is -2.27. The lowest BCUT2D eigenvalue weighted by molar-refractivity contribution is -0.127. The Morgan fingerprint density at radius 2 is 1.93 bits per heavy atom. The number of rotatable bonds is 7. The van der Waals surface area contributed by atoms with E-state index in [2.05, 4.69) is 36.2 Å². The van der Waals surface area contributed by atoms with Gasteiger partial charge in [0.05, 0.1) is 11.4 Å². The minimum absolute atomic E-state index is 0.0216. The number of carbonyl (C=O) groups excluding carboxylic acids is 1. The van der Waals surface area contributed by atoms with Gasteiger partial charge >= 0.3 is 0 Å². The Morgan fingerprint density at radius 1 is 1.19 bits per heavy atom. The molecule has 0 aliphatic heterocycles. The van der Waals surface area contributed by atoms with E-state index in [1.807, 2.05) is 6.07 Å². The van der Waals surface area contributed by atoms with Crippen LogP contribution in [0.3, 0.4) is 0 Å². The van der Waals surface area contributed by atoms with Gasteiger partial charge in [0.2, 0.25) is 5.91 Å². The zero-order valence-corrected chi connectivity index (χ0v) is 16.2. The van der Waals surface area contributed by atoms with E-state index < -0.39 is 0 Å². The van der Waals surface area contributed by atoms with E-state index in [0.717, 1.165) is 12.0 Å². The molecule has 0 saturated carbocycles. The van der Waals surface area contributed by atoms with Crippen LogP contribution in [-0.4, -0.2) is 33.2 Å². The second-order valence-corrected chi connectivity index (χ2v) is 7.21. The smallest absolute Gasteiger partial charge is 0.233 e. The molecule has 3 rings (SSSR count). The predicted octanol–water partition coefficient (Wildman–Crippen LogP) is 4.32. The minimum atomic E-state index is -0.304. The van der Waals surface area contributed by atoms with E-state index in [1.165, 1.54) is 29.5 Å². The maximum Gasteiger partial charge on any atom is 0.233 e. The van der Waals surface area contributed by atoms with E-state index in [1.54, 1.807) is 35.0 Å². The van der Waals surface area contributed by atoms with Gasteiger partial charge in [-0.25, -0.2) is 9.37 Å². The van der Waals surface area contributed by atoms with Gasteiger partial charge in [-0.1, -0.05) is 49.0 Å². The Labute approximate surface area is 163 Å². The fourth-order valence-corrected chi connectivity index (χ4v) is 3.61. The molecule has 140 valence electrons. The molecule has 0 spiro atoms. The van der Waals surface area contributed by atoms with Crippen LogP contribution in [0.2, 0.25) is 0 Å². The van der Waals surface area contributed by atoms with Gasteiger partial charge in [0.1, 0.15) is 5.82 Å². The average Bonchev–Trinajstić information content (AvgIpc) is 3.15. The van der Waals surface area contributed by atoms with Crippen molar-refractivity contribution in [3.05, 3.63) is 77.9 Å². The van der Waals surface area contributed by atoms with Crippen molar-refractivity contribution in [3.63, 3.8) is 0 Å². The summed E-state index contributed by atoms with van der Waals surface area (Å²) in [6.07, 6.45) is 4.42. The molecule has 0 aliphatic carbocycles. The van der Waals surface area contributed by atoms with Gasteiger partial charge < -0.3 is 4.90 Å². The number of thioether (sulfide) groups is 1. The summed E-state index contributed by atoms with van der Waals surface area (Å²) in [6.45, 7) is 2.69. The second kappa shape index (κ2) is 8.86. The number of carbonyl (C=O) groups is 1. The molecule has 1 amide bonds. The van der Waals surface area contributed by atoms with Crippen LogP contribution in [0.1, 0.15) is 18.1 Å². The topological polar surface area (TPSA) is 38.1 Å². The maximum atomic E-state index is 13.5. The number of benzene rings is 2. The lowest BCUT2D eigenvalue weighted by Gasteiger charge is -2.17. The standard InChI is InChI=1S/C21H22FN3OS/c1-3-16-7-9-17(10-8-16)14-24(2)20(26)15-27-21-23-11-12-25(21)19-6-4-5-18(22)13-19/h4-13H,3,14-15H2,1-2H3. The van der Waals surface area contributed by atoms with Crippen molar-refractivity contribution < 1.29 is 9.18 Å². The number of hydrogen-bond acceptors (Lipinski definition) is 3. The Hall–Kier alpha value is -2.60. The molecule has 6 heteroatoms. The van der Waals surface area contributed by atoms with Crippen molar-refractivity contribution in [2.75, 3.05) is 12.8 Å². The first-order valence-corrected chi connectivity index (χ1v) is 9.79. The minimum Gasteiger partial charge on any atom is -0.341 e. The molecule has 27 heavy (non-hydrogen) atoms. The molecule has 1 heterocycles. The van der Waals surface area contributed by atoms with E-state index in [4.69, 9.17) is 0 Å². The number of hydrogen-bond donors (Lipinski definition) is 0. The molecule has 0 atom stereocenters. The summed E-state index contributed by atoms with van der Waals surface area (Å²) < 4.78 is 15.2. The van der Waals surface area contributed by atoms with Crippen molar-refractivity contribution >= 4 is 17.7 Å². The van der Waals surface area contributed by atoms with Crippen LogP contribution in [0, 0.1) is 5.82 Å². The van der Waals surface area contributed by atoms with Gasteiger partial charge in [0, 0.05) is 26.0 Å². The van der Waals surface area contributed by atoms with Gasteiger partial charge in [0.15, 0.2) is 5.16 Å². The van der Waals surface area contributed by atoms with E-state index in [9.17, 15) is 9.18 Å². The van der Waals surface area contributed by atoms with Crippen LogP contribution in [0.4, 0.5) is 4.39 Å². The predicted molar refractivity (Wildman–Crippen MR) is 107 cm³/mol. The normalized spacial score (nSPS) is 10.8. The van der Waals surface area contributed by atoms with Crippen molar-refractivity contribution in [1.29, 1.82) is 0 Å². The largest absolute Gasteiger partial charge is 0.341 e. The first kappa shape index (κ1) is 19.2. The summed E-state index contributed by atoms with van der Waals surface area (Å²) in [5, 5.41) is 0.662. The number of nitrogens with zero attached hydrogens (tertiary/aromatic N) is 3. The Balaban J connectivity index is 1.60. The van der Waals surface area contributed by atoms with Crippen LogP contribution in [0.5, 0.6) is 0 Å². The SMILES string of the molecule is CCc1ccc(CN(C)C(=O)CSc2nccn2-c2cccc(F)c2)cc1. The van der Waals surface area contributed by atoms with Gasteiger partial charge in [-0.05, 0) is 35.7 Å². The molecule has 1 aromatic heterocycles. The zero-order chi connectivity index (χ0) is 19.2. The molecule has 0 N–H and O–H groups in total. The molecule has 0 fully saturated rings. The summed E-state index contributed by atoms with van der Waals surface area (Å²) in [7, 11) is 1.80. The molecule has 4 nitrogen and oxygen atoms in total. The number of imidazole rings is 1. The van der Waals surface area contributed by atoms with Gasteiger partial charge in [-0.2, -0.15) is 0 Å². The van der Waals surface area contributed by atoms with Crippen molar-refractivity contribution in [1.82, 2.24) is 14.5 Å². The number of halogens is 1. The first-order chi connectivity index (χ1) is 13.1. The van der Waals surface area contributed by atoms with E-state index in [-0.39, 0.29) is 17.5 Å². The third-order valence-corrected chi connectivity index (χ3v) is 5.25. The fraction of sp³-hybridized carbons (Fsp3) is 0.238. The molecule has 0 unspecified atom stereocenters. The second-order valence-electron chi connectivity index (χ2n) is 6.27. The summed E-state index contributed by atoms with van der Waals surface area (Å²) in [5.74, 6) is -0.00834. The molecule has 0 bridgehead atoms. The van der Waals surface area contributed by atoms with Gasteiger partial charge in [-0.15, -0.1) is 0 Å². The molecular formula is C21H22FN3OS. The molecule has 2 aromatic carbocycles. The summed E-state index contributed by atoms with van der Waals surface area (Å²) >= 11 is 1.35. The number of aryl methyl sites for hydroxylation is 1. The highest BCUT2D eigenvalue weighted by Gasteiger charge is 2.13. The maximum absolute atomic E-state index is 13.5. The molecule has 3 aromatic rings. The van der Waals surface area contributed by atoms with Crippen LogP contribution < -0.4 is 0 Å². The average molecular weight is 383 g/mol. The fourth-order valence-electron chi connectivity index (χ4n) is 2.70. The van der Waals surface area contributed by atoms with Crippen LogP contribution in [0.25, 0.3) is 5.69 Å². The van der Waals surface area contributed by atoms with Crippen LogP contribution in [-0.2, 0) is 17.8 Å². The third kappa shape index (κ3) is 4.98. The number of amides is 1. The molecular weight excluding hydrogens is 361 g/mol. The molecule has 0 radical (unpaired) electrons. The quantitative estimate of drug-likeness (QED) is 0.570. The Morgan fingerprint density at radius 3 is 2.63 bits per heavy atom. The molecule has 0 saturated heterocycles. The van der Waals surface area contributed by atoms with E-state index >= 15 is 0 Å². The highest BCUT2D eigenvalue weighted by Crippen LogP contribution is 2.21. The number of aromatic nitrogens is 2. The Bertz CT molecular complexity index is 908. The third-order valence-electron chi connectivity index (χ3n) is 4.29. The van der Waals surface area contributed by atoms with Crippen LogP contribution in [0.15, 0.2) is 66.1 Å². The Kier molecular flexibility index (Phi) is 6.29. The lowest BCUT2D eigenvalue weighted by atomic mass is 10.1. The summed E-state index contributed by atoms with van der Waals surface area (Å²) in [6, 6.07) is 14.6. The van der Waals surface area contributed by atoms with Crippen LogP contribution >= 0.6 is 11.8 Å². The first-order valence-electron chi connectivity index (χ1n) is 8.80.